The molecule has 0 radical (unpaired) electrons. The molecule has 4 heteroatoms. The van der Waals surface area contributed by atoms with Crippen molar-refractivity contribution in [3.63, 3.8) is 0 Å². The highest BCUT2D eigenvalue weighted by molar-refractivity contribution is 5.68. The fraction of sp³-hybridized carbons (Fsp3) is 0.500. The van der Waals surface area contributed by atoms with E-state index in [1.165, 1.54) is 5.56 Å². The van der Waals surface area contributed by atoms with E-state index in [1.807, 2.05) is 12.1 Å². The first-order valence-corrected chi connectivity index (χ1v) is 6.27. The number of benzene rings is 1. The van der Waals surface area contributed by atoms with Crippen LogP contribution in [0.1, 0.15) is 37.2 Å². The van der Waals surface area contributed by atoms with E-state index in [4.69, 9.17) is 9.84 Å². The van der Waals surface area contributed by atoms with Crippen molar-refractivity contribution < 1.29 is 19.7 Å². The van der Waals surface area contributed by atoms with Gasteiger partial charge in [-0.05, 0) is 49.3 Å². The summed E-state index contributed by atoms with van der Waals surface area (Å²) in [6.07, 6.45) is 3.90. The summed E-state index contributed by atoms with van der Waals surface area (Å²) in [4.78, 5) is 10.4. The smallest absolute Gasteiger partial charge is 0.329 e. The standard InChI is InChI=1S/C14H18O4/c15-12-5-1-10(2-6-12)11-3-7-13(8-4-11)18-9-14(16)17/h1-2,5-6,11,13,15H,3-4,7-9H2,(H,16,17)/t11-,13-. The van der Waals surface area contributed by atoms with Gasteiger partial charge >= 0.3 is 5.97 Å². The summed E-state index contributed by atoms with van der Waals surface area (Å²) >= 11 is 0. The molecule has 4 nitrogen and oxygen atoms in total. The van der Waals surface area contributed by atoms with Crippen LogP contribution in [-0.2, 0) is 9.53 Å². The number of carbonyl (C=O) groups is 1. The van der Waals surface area contributed by atoms with E-state index < -0.39 is 5.97 Å². The molecular weight excluding hydrogens is 232 g/mol. The molecule has 98 valence electrons. The molecule has 2 rings (SSSR count). The molecule has 0 unspecified atom stereocenters. The third-order valence-corrected chi connectivity index (χ3v) is 3.48. The summed E-state index contributed by atoms with van der Waals surface area (Å²) in [7, 11) is 0. The Hall–Kier alpha value is -1.55. The number of phenols is 1. The van der Waals surface area contributed by atoms with Gasteiger partial charge in [0.15, 0.2) is 0 Å². The van der Waals surface area contributed by atoms with Crippen LogP contribution in [0.5, 0.6) is 5.75 Å². The van der Waals surface area contributed by atoms with Gasteiger partial charge in [0.05, 0.1) is 6.10 Å². The van der Waals surface area contributed by atoms with Crippen LogP contribution in [0.3, 0.4) is 0 Å². The average molecular weight is 250 g/mol. The summed E-state index contributed by atoms with van der Waals surface area (Å²) in [5, 5.41) is 17.8. The Kier molecular flexibility index (Phi) is 4.20. The number of carboxylic acids is 1. The van der Waals surface area contributed by atoms with Crippen molar-refractivity contribution >= 4 is 5.97 Å². The number of rotatable bonds is 4. The summed E-state index contributed by atoms with van der Waals surface area (Å²) in [6, 6.07) is 7.33. The Balaban J connectivity index is 1.83. The number of phenolic OH excluding ortho intramolecular Hbond substituents is 1. The molecule has 0 spiro atoms. The number of hydrogen-bond donors (Lipinski definition) is 2. The van der Waals surface area contributed by atoms with E-state index in [1.54, 1.807) is 12.1 Å². The van der Waals surface area contributed by atoms with Gasteiger partial charge in [-0.15, -0.1) is 0 Å². The van der Waals surface area contributed by atoms with E-state index in [-0.39, 0.29) is 18.5 Å². The molecule has 1 aliphatic carbocycles. The van der Waals surface area contributed by atoms with Crippen LogP contribution in [0.15, 0.2) is 24.3 Å². The monoisotopic (exact) mass is 250 g/mol. The van der Waals surface area contributed by atoms with Gasteiger partial charge in [0.1, 0.15) is 12.4 Å². The maximum absolute atomic E-state index is 10.4. The average Bonchev–Trinajstić information content (AvgIpc) is 2.38. The van der Waals surface area contributed by atoms with Crippen LogP contribution in [0, 0.1) is 0 Å². The Morgan fingerprint density at radius 3 is 2.33 bits per heavy atom. The second-order valence-corrected chi connectivity index (χ2v) is 4.77. The number of hydrogen-bond acceptors (Lipinski definition) is 3. The Labute approximate surface area is 106 Å². The van der Waals surface area contributed by atoms with Gasteiger partial charge in [0, 0.05) is 0 Å². The van der Waals surface area contributed by atoms with Crippen LogP contribution in [0.25, 0.3) is 0 Å². The minimum atomic E-state index is -0.907. The van der Waals surface area contributed by atoms with Crippen molar-refractivity contribution in [2.45, 2.75) is 37.7 Å². The van der Waals surface area contributed by atoms with Crippen LogP contribution < -0.4 is 0 Å². The lowest BCUT2D eigenvalue weighted by molar-refractivity contribution is -0.145. The van der Waals surface area contributed by atoms with E-state index in [0.29, 0.717) is 5.92 Å². The number of aliphatic carboxylic acids is 1. The summed E-state index contributed by atoms with van der Waals surface area (Å²) in [5.74, 6) is -0.122. The number of ether oxygens (including phenoxy) is 1. The van der Waals surface area contributed by atoms with E-state index in [9.17, 15) is 9.90 Å². The lowest BCUT2D eigenvalue weighted by Gasteiger charge is -2.28. The summed E-state index contributed by atoms with van der Waals surface area (Å²) in [5.41, 5.74) is 1.24. The molecule has 0 amide bonds. The fourth-order valence-electron chi connectivity index (χ4n) is 2.50. The van der Waals surface area contributed by atoms with Gasteiger partial charge < -0.3 is 14.9 Å². The highest BCUT2D eigenvalue weighted by atomic mass is 16.5. The minimum absolute atomic E-state index is 0.0782. The third kappa shape index (κ3) is 3.47. The Morgan fingerprint density at radius 1 is 1.17 bits per heavy atom. The van der Waals surface area contributed by atoms with E-state index in [0.717, 1.165) is 25.7 Å². The molecule has 0 aliphatic heterocycles. The van der Waals surface area contributed by atoms with Crippen molar-refractivity contribution in [3.05, 3.63) is 29.8 Å². The third-order valence-electron chi connectivity index (χ3n) is 3.48. The van der Waals surface area contributed by atoms with E-state index in [2.05, 4.69) is 0 Å². The largest absolute Gasteiger partial charge is 0.508 e. The summed E-state index contributed by atoms with van der Waals surface area (Å²) in [6.45, 7) is -0.200. The molecular formula is C14H18O4. The minimum Gasteiger partial charge on any atom is -0.508 e. The molecule has 2 N–H and O–H groups in total. The number of aromatic hydroxyl groups is 1. The van der Waals surface area contributed by atoms with Crippen LogP contribution >= 0.6 is 0 Å². The van der Waals surface area contributed by atoms with Gasteiger partial charge in [0.2, 0.25) is 0 Å². The maximum Gasteiger partial charge on any atom is 0.329 e. The normalized spacial score (nSPS) is 23.8. The zero-order valence-corrected chi connectivity index (χ0v) is 10.2. The molecule has 1 aromatic rings. The van der Waals surface area contributed by atoms with E-state index >= 15 is 0 Å². The van der Waals surface area contributed by atoms with Crippen molar-refractivity contribution in [2.75, 3.05) is 6.61 Å². The summed E-state index contributed by atoms with van der Waals surface area (Å²) < 4.78 is 5.31. The van der Waals surface area contributed by atoms with Gasteiger partial charge in [-0.1, -0.05) is 12.1 Å². The molecule has 1 saturated carbocycles. The van der Waals surface area contributed by atoms with Crippen molar-refractivity contribution in [1.82, 2.24) is 0 Å². The Morgan fingerprint density at radius 2 is 1.78 bits per heavy atom. The number of carboxylic acid groups (broad SMARTS) is 1. The molecule has 1 aromatic carbocycles. The lowest BCUT2D eigenvalue weighted by atomic mass is 9.83. The van der Waals surface area contributed by atoms with Crippen LogP contribution in [-0.4, -0.2) is 28.9 Å². The van der Waals surface area contributed by atoms with Gasteiger partial charge in [-0.3, -0.25) is 0 Å². The first-order valence-electron chi connectivity index (χ1n) is 6.27. The molecule has 0 heterocycles. The molecule has 0 atom stereocenters. The van der Waals surface area contributed by atoms with Crippen LogP contribution in [0.2, 0.25) is 0 Å². The molecule has 0 aromatic heterocycles. The van der Waals surface area contributed by atoms with Crippen molar-refractivity contribution in [1.29, 1.82) is 0 Å². The van der Waals surface area contributed by atoms with Crippen LogP contribution in [0.4, 0.5) is 0 Å². The zero-order valence-electron chi connectivity index (χ0n) is 10.2. The Bertz CT molecular complexity index is 391. The second kappa shape index (κ2) is 5.87. The van der Waals surface area contributed by atoms with Gasteiger partial charge in [-0.25, -0.2) is 4.79 Å². The molecule has 18 heavy (non-hydrogen) atoms. The predicted octanol–water partition coefficient (Wildman–Crippen LogP) is 2.52. The maximum atomic E-state index is 10.4. The topological polar surface area (TPSA) is 66.8 Å². The highest BCUT2D eigenvalue weighted by Crippen LogP contribution is 2.34. The predicted molar refractivity (Wildman–Crippen MR) is 66.7 cm³/mol. The van der Waals surface area contributed by atoms with Crippen molar-refractivity contribution in [2.24, 2.45) is 0 Å². The van der Waals surface area contributed by atoms with Gasteiger partial charge in [-0.2, -0.15) is 0 Å². The second-order valence-electron chi connectivity index (χ2n) is 4.77. The quantitative estimate of drug-likeness (QED) is 0.861. The molecule has 0 bridgehead atoms. The SMILES string of the molecule is O=C(O)CO[C@H]1CC[C@H](c2ccc(O)cc2)CC1. The fourth-order valence-corrected chi connectivity index (χ4v) is 2.50. The zero-order chi connectivity index (χ0) is 13.0. The van der Waals surface area contributed by atoms with Crippen molar-refractivity contribution in [3.8, 4) is 5.75 Å². The van der Waals surface area contributed by atoms with Gasteiger partial charge in [0.25, 0.3) is 0 Å². The highest BCUT2D eigenvalue weighted by Gasteiger charge is 2.23. The molecule has 1 aliphatic rings. The molecule has 1 fully saturated rings. The first kappa shape index (κ1) is 12.9. The lowest BCUT2D eigenvalue weighted by Crippen LogP contribution is -2.23. The first-order chi connectivity index (χ1) is 8.65. The molecule has 0 saturated heterocycles.